The highest BCUT2D eigenvalue weighted by molar-refractivity contribution is 5.27. The quantitative estimate of drug-likeness (QED) is 0.867. The minimum atomic E-state index is -0.101. The molecule has 18 heavy (non-hydrogen) atoms. The van der Waals surface area contributed by atoms with Gasteiger partial charge in [0.15, 0.2) is 0 Å². The van der Waals surface area contributed by atoms with Crippen molar-refractivity contribution in [1.29, 1.82) is 0 Å². The molecule has 0 aliphatic carbocycles. The maximum atomic E-state index is 14.1. The maximum Gasteiger partial charge on any atom is 0.128 e. The number of halogens is 1. The summed E-state index contributed by atoms with van der Waals surface area (Å²) < 4.78 is 19.5. The summed E-state index contributed by atoms with van der Waals surface area (Å²) in [6.07, 6.45) is 2.06. The number of ether oxygens (including phenoxy) is 1. The Morgan fingerprint density at radius 1 is 1.50 bits per heavy atom. The number of nitrogens with one attached hydrogen (secondary N) is 1. The van der Waals surface area contributed by atoms with E-state index in [1.807, 2.05) is 19.1 Å². The molecule has 2 rings (SSSR count). The molecular weight excluding hydrogens is 229 g/mol. The summed E-state index contributed by atoms with van der Waals surface area (Å²) >= 11 is 0. The van der Waals surface area contributed by atoms with E-state index in [4.69, 9.17) is 4.74 Å². The zero-order valence-corrected chi connectivity index (χ0v) is 11.2. The fourth-order valence-corrected chi connectivity index (χ4v) is 2.53. The number of aryl methyl sites for hydroxylation is 1. The fraction of sp³-hybridized carbons (Fsp3) is 0.600. The third-order valence-corrected chi connectivity index (χ3v) is 3.54. The molecule has 0 radical (unpaired) electrons. The first kappa shape index (κ1) is 13.5. The summed E-state index contributed by atoms with van der Waals surface area (Å²) in [5, 5.41) is 3.47. The van der Waals surface area contributed by atoms with Crippen LogP contribution in [0.5, 0.6) is 0 Å². The van der Waals surface area contributed by atoms with Gasteiger partial charge in [-0.25, -0.2) is 4.39 Å². The van der Waals surface area contributed by atoms with Crippen molar-refractivity contribution in [3.63, 3.8) is 0 Å². The molecule has 2 unspecified atom stereocenters. The van der Waals surface area contributed by atoms with Gasteiger partial charge in [0.1, 0.15) is 5.82 Å². The van der Waals surface area contributed by atoms with E-state index < -0.39 is 0 Å². The average molecular weight is 251 g/mol. The van der Waals surface area contributed by atoms with Crippen molar-refractivity contribution in [1.82, 2.24) is 5.32 Å². The lowest BCUT2D eigenvalue weighted by atomic mass is 9.91. The molecular formula is C15H22FNO. The van der Waals surface area contributed by atoms with E-state index in [0.29, 0.717) is 5.92 Å². The molecule has 1 heterocycles. The second-order valence-electron chi connectivity index (χ2n) is 5.08. The summed E-state index contributed by atoms with van der Waals surface area (Å²) in [6, 6.07) is 5.59. The van der Waals surface area contributed by atoms with E-state index in [1.54, 1.807) is 6.07 Å². The maximum absolute atomic E-state index is 14.1. The van der Waals surface area contributed by atoms with E-state index in [1.165, 1.54) is 0 Å². The van der Waals surface area contributed by atoms with Crippen molar-refractivity contribution in [2.45, 2.75) is 32.7 Å². The molecule has 1 aliphatic rings. The second kappa shape index (κ2) is 6.30. The molecule has 0 bridgehead atoms. The molecule has 1 aromatic carbocycles. The zero-order valence-electron chi connectivity index (χ0n) is 11.2. The van der Waals surface area contributed by atoms with Crippen LogP contribution in [0.15, 0.2) is 18.2 Å². The largest absolute Gasteiger partial charge is 0.381 e. The van der Waals surface area contributed by atoms with Crippen molar-refractivity contribution in [3.8, 4) is 0 Å². The zero-order chi connectivity index (χ0) is 13.0. The molecule has 1 saturated heterocycles. The van der Waals surface area contributed by atoms with E-state index in [2.05, 4.69) is 12.2 Å². The Hall–Kier alpha value is -0.930. The summed E-state index contributed by atoms with van der Waals surface area (Å²) in [7, 11) is 0. The van der Waals surface area contributed by atoms with Crippen LogP contribution in [0.3, 0.4) is 0 Å². The molecule has 1 aromatic rings. The number of rotatable bonds is 5. The Bertz CT molecular complexity index is 388. The van der Waals surface area contributed by atoms with Crippen LogP contribution in [0, 0.1) is 18.7 Å². The van der Waals surface area contributed by atoms with Crippen LogP contribution in [0.4, 0.5) is 4.39 Å². The van der Waals surface area contributed by atoms with Crippen molar-refractivity contribution in [2.75, 3.05) is 19.8 Å². The Morgan fingerprint density at radius 2 is 2.33 bits per heavy atom. The molecule has 1 fully saturated rings. The lowest BCUT2D eigenvalue weighted by Crippen LogP contribution is -2.30. The molecule has 3 heteroatoms. The highest BCUT2D eigenvalue weighted by Crippen LogP contribution is 2.30. The molecule has 2 atom stereocenters. The molecule has 1 aliphatic heterocycles. The van der Waals surface area contributed by atoms with Gasteiger partial charge in [0.2, 0.25) is 0 Å². The number of hydrogen-bond donors (Lipinski definition) is 1. The van der Waals surface area contributed by atoms with Gasteiger partial charge in [-0.2, -0.15) is 0 Å². The van der Waals surface area contributed by atoms with Crippen LogP contribution in [-0.2, 0) is 4.74 Å². The Labute approximate surface area is 109 Å². The highest BCUT2D eigenvalue weighted by atomic mass is 19.1. The topological polar surface area (TPSA) is 21.3 Å². The van der Waals surface area contributed by atoms with Gasteiger partial charge in [0.25, 0.3) is 0 Å². The molecule has 100 valence electrons. The van der Waals surface area contributed by atoms with Gasteiger partial charge in [-0.1, -0.05) is 19.1 Å². The van der Waals surface area contributed by atoms with E-state index in [-0.39, 0.29) is 11.9 Å². The minimum absolute atomic E-state index is 0.0769. The van der Waals surface area contributed by atoms with Gasteiger partial charge in [-0.3, -0.25) is 0 Å². The van der Waals surface area contributed by atoms with Crippen LogP contribution in [0.25, 0.3) is 0 Å². The minimum Gasteiger partial charge on any atom is -0.381 e. The van der Waals surface area contributed by atoms with Crippen LogP contribution >= 0.6 is 0 Å². The van der Waals surface area contributed by atoms with Crippen LogP contribution in [-0.4, -0.2) is 19.8 Å². The summed E-state index contributed by atoms with van der Waals surface area (Å²) in [5.41, 5.74) is 1.75. The van der Waals surface area contributed by atoms with E-state index >= 15 is 0 Å². The monoisotopic (exact) mass is 251 g/mol. The van der Waals surface area contributed by atoms with Gasteiger partial charge < -0.3 is 10.1 Å². The van der Waals surface area contributed by atoms with Gasteiger partial charge in [-0.05, 0) is 37.9 Å². The van der Waals surface area contributed by atoms with E-state index in [9.17, 15) is 4.39 Å². The van der Waals surface area contributed by atoms with Gasteiger partial charge in [0, 0.05) is 24.1 Å². The Kier molecular flexibility index (Phi) is 4.72. The van der Waals surface area contributed by atoms with Crippen LogP contribution < -0.4 is 5.32 Å². The van der Waals surface area contributed by atoms with Gasteiger partial charge in [0.05, 0.1) is 6.61 Å². The number of benzene rings is 1. The van der Waals surface area contributed by atoms with Crippen molar-refractivity contribution >= 4 is 0 Å². The summed E-state index contributed by atoms with van der Waals surface area (Å²) in [6.45, 7) is 6.48. The molecule has 0 amide bonds. The van der Waals surface area contributed by atoms with Gasteiger partial charge >= 0.3 is 0 Å². The van der Waals surface area contributed by atoms with E-state index in [0.717, 1.165) is 43.7 Å². The molecule has 0 aromatic heterocycles. The first-order valence-electron chi connectivity index (χ1n) is 6.79. The summed E-state index contributed by atoms with van der Waals surface area (Å²) in [5.74, 6) is 0.282. The standard InChI is InChI=1S/C15H22FNO/c1-3-7-17-15(12-6-8-18-10-12)13-5-4-11(2)9-14(13)16/h4-5,9,12,15,17H,3,6-8,10H2,1-2H3. The second-order valence-corrected chi connectivity index (χ2v) is 5.08. The third-order valence-electron chi connectivity index (χ3n) is 3.54. The first-order chi connectivity index (χ1) is 8.72. The SMILES string of the molecule is CCCNC(c1ccc(C)cc1F)C1CCOC1. The van der Waals surface area contributed by atoms with Crippen molar-refractivity contribution < 1.29 is 9.13 Å². The molecule has 0 saturated carbocycles. The average Bonchev–Trinajstić information content (AvgIpc) is 2.85. The molecule has 0 spiro atoms. The predicted molar refractivity (Wildman–Crippen MR) is 71.1 cm³/mol. The third kappa shape index (κ3) is 3.09. The van der Waals surface area contributed by atoms with Crippen LogP contribution in [0.2, 0.25) is 0 Å². The van der Waals surface area contributed by atoms with Crippen molar-refractivity contribution in [2.24, 2.45) is 5.92 Å². The van der Waals surface area contributed by atoms with Gasteiger partial charge in [-0.15, -0.1) is 0 Å². The Balaban J connectivity index is 2.20. The smallest absolute Gasteiger partial charge is 0.128 e. The molecule has 2 nitrogen and oxygen atoms in total. The summed E-state index contributed by atoms with van der Waals surface area (Å²) in [4.78, 5) is 0. The predicted octanol–water partition coefficient (Wildman–Crippen LogP) is 3.21. The van der Waals surface area contributed by atoms with Crippen molar-refractivity contribution in [3.05, 3.63) is 35.1 Å². The Morgan fingerprint density at radius 3 is 2.94 bits per heavy atom. The fourth-order valence-electron chi connectivity index (χ4n) is 2.53. The number of hydrogen-bond acceptors (Lipinski definition) is 2. The first-order valence-corrected chi connectivity index (χ1v) is 6.79. The normalized spacial score (nSPS) is 21.2. The lowest BCUT2D eigenvalue weighted by Gasteiger charge is -2.25. The highest BCUT2D eigenvalue weighted by Gasteiger charge is 2.28. The molecule has 1 N–H and O–H groups in total. The lowest BCUT2D eigenvalue weighted by molar-refractivity contribution is 0.176. The van der Waals surface area contributed by atoms with Crippen LogP contribution in [0.1, 0.15) is 36.9 Å².